The molecule has 3 heteroatoms. The van der Waals surface area contributed by atoms with Crippen molar-refractivity contribution in [1.29, 1.82) is 0 Å². The van der Waals surface area contributed by atoms with Crippen LogP contribution < -0.4 is 10.2 Å². The average molecular weight is 308 g/mol. The molecule has 1 aliphatic carbocycles. The zero-order valence-electron chi connectivity index (χ0n) is 13.6. The van der Waals surface area contributed by atoms with Crippen molar-refractivity contribution >= 4 is 5.69 Å². The second kappa shape index (κ2) is 5.66. The molecule has 2 N–H and O–H groups in total. The van der Waals surface area contributed by atoms with Crippen LogP contribution in [0, 0.1) is 0 Å². The lowest BCUT2D eigenvalue weighted by atomic mass is 9.98. The van der Waals surface area contributed by atoms with Crippen molar-refractivity contribution in [2.75, 3.05) is 25.0 Å². The van der Waals surface area contributed by atoms with E-state index in [0.29, 0.717) is 12.0 Å². The second-order valence-corrected chi connectivity index (χ2v) is 6.91. The number of hydrogen-bond donors (Lipinski definition) is 2. The zero-order valence-corrected chi connectivity index (χ0v) is 13.6. The summed E-state index contributed by atoms with van der Waals surface area (Å²) in [5.41, 5.74) is 4.29. The van der Waals surface area contributed by atoms with Crippen LogP contribution in [-0.2, 0) is 5.41 Å². The van der Waals surface area contributed by atoms with Crippen LogP contribution in [0.5, 0.6) is 0 Å². The third kappa shape index (κ3) is 2.44. The van der Waals surface area contributed by atoms with Crippen molar-refractivity contribution in [3.8, 4) is 0 Å². The fraction of sp³-hybridized carbons (Fsp3) is 0.400. The van der Waals surface area contributed by atoms with Gasteiger partial charge in [0.2, 0.25) is 0 Å². The molecule has 1 heterocycles. The normalized spacial score (nSPS) is 20.3. The highest BCUT2D eigenvalue weighted by Crippen LogP contribution is 2.58. The van der Waals surface area contributed by atoms with Crippen LogP contribution in [0.2, 0.25) is 0 Å². The van der Waals surface area contributed by atoms with Crippen LogP contribution >= 0.6 is 0 Å². The molecule has 0 amide bonds. The number of rotatable bonds is 5. The summed E-state index contributed by atoms with van der Waals surface area (Å²) in [6.07, 6.45) is 2.10. The van der Waals surface area contributed by atoms with E-state index in [0.717, 1.165) is 6.54 Å². The molecule has 4 rings (SSSR count). The van der Waals surface area contributed by atoms with Crippen molar-refractivity contribution < 1.29 is 5.11 Å². The van der Waals surface area contributed by atoms with Crippen LogP contribution in [0.4, 0.5) is 5.69 Å². The maximum absolute atomic E-state index is 10.8. The molecule has 2 aromatic rings. The Morgan fingerprint density at radius 2 is 1.78 bits per heavy atom. The Labute approximate surface area is 138 Å². The molecule has 1 aliphatic heterocycles. The number of benzene rings is 2. The third-order valence-electron chi connectivity index (χ3n) is 5.37. The average Bonchev–Trinajstić information content (AvgIpc) is 3.29. The largest absolute Gasteiger partial charge is 0.389 e. The van der Waals surface area contributed by atoms with E-state index in [1.807, 2.05) is 13.1 Å². The van der Waals surface area contributed by atoms with Gasteiger partial charge >= 0.3 is 0 Å². The molecule has 0 radical (unpaired) electrons. The number of nitrogens with zero attached hydrogens (tertiary/aromatic N) is 1. The molecular weight excluding hydrogens is 284 g/mol. The summed E-state index contributed by atoms with van der Waals surface area (Å²) < 4.78 is 0. The Morgan fingerprint density at radius 3 is 2.48 bits per heavy atom. The predicted octanol–water partition coefficient (Wildman–Crippen LogP) is 2.86. The Morgan fingerprint density at radius 1 is 1.09 bits per heavy atom. The maximum Gasteiger partial charge on any atom is 0.0909 e. The molecule has 2 atom stereocenters. The van der Waals surface area contributed by atoms with E-state index in [4.69, 9.17) is 0 Å². The number of hydrogen-bond acceptors (Lipinski definition) is 3. The van der Waals surface area contributed by atoms with Gasteiger partial charge in [0, 0.05) is 24.2 Å². The second-order valence-electron chi connectivity index (χ2n) is 6.91. The molecule has 0 aromatic heterocycles. The first-order chi connectivity index (χ1) is 11.2. The fourth-order valence-corrected chi connectivity index (χ4v) is 4.08. The van der Waals surface area contributed by atoms with Gasteiger partial charge in [-0.05, 0) is 37.1 Å². The monoisotopic (exact) mass is 308 g/mol. The SMILES string of the molecule is CNCC(O)C(c1ccccc1)N1CC2(CC2)c2ccccc21. The van der Waals surface area contributed by atoms with Gasteiger partial charge in [0.15, 0.2) is 0 Å². The Balaban J connectivity index is 1.76. The number of nitrogens with one attached hydrogen (secondary N) is 1. The van der Waals surface area contributed by atoms with Gasteiger partial charge in [-0.15, -0.1) is 0 Å². The molecule has 1 spiro atoms. The molecule has 1 saturated carbocycles. The Hall–Kier alpha value is -1.84. The molecule has 23 heavy (non-hydrogen) atoms. The summed E-state index contributed by atoms with van der Waals surface area (Å²) in [7, 11) is 1.89. The van der Waals surface area contributed by atoms with E-state index in [2.05, 4.69) is 58.7 Å². The molecule has 1 fully saturated rings. The summed E-state index contributed by atoms with van der Waals surface area (Å²) in [6.45, 7) is 1.61. The number of aliphatic hydroxyl groups excluding tert-OH is 1. The number of anilines is 1. The van der Waals surface area contributed by atoms with E-state index in [9.17, 15) is 5.11 Å². The smallest absolute Gasteiger partial charge is 0.0909 e. The lowest BCUT2D eigenvalue weighted by Gasteiger charge is -2.34. The van der Waals surface area contributed by atoms with Crippen LogP contribution in [0.15, 0.2) is 54.6 Å². The van der Waals surface area contributed by atoms with Crippen LogP contribution in [0.3, 0.4) is 0 Å². The first-order valence-corrected chi connectivity index (χ1v) is 8.49. The molecule has 0 saturated heterocycles. The number of likely N-dealkylation sites (N-methyl/N-ethyl adjacent to an activating group) is 1. The minimum atomic E-state index is -0.440. The third-order valence-corrected chi connectivity index (χ3v) is 5.37. The van der Waals surface area contributed by atoms with Crippen LogP contribution in [-0.4, -0.2) is 31.3 Å². The van der Waals surface area contributed by atoms with Crippen LogP contribution in [0.25, 0.3) is 0 Å². The molecular formula is C20H24N2O. The topological polar surface area (TPSA) is 35.5 Å². The predicted molar refractivity (Wildman–Crippen MR) is 93.8 cm³/mol. The highest BCUT2D eigenvalue weighted by Gasteiger charge is 2.53. The van der Waals surface area contributed by atoms with Crippen molar-refractivity contribution in [2.45, 2.75) is 30.4 Å². The minimum absolute atomic E-state index is 0.00947. The Bertz CT molecular complexity index is 681. The van der Waals surface area contributed by atoms with E-state index in [1.165, 1.54) is 29.7 Å². The van der Waals surface area contributed by atoms with E-state index >= 15 is 0 Å². The van der Waals surface area contributed by atoms with Gasteiger partial charge in [0.1, 0.15) is 0 Å². The highest BCUT2D eigenvalue weighted by atomic mass is 16.3. The van der Waals surface area contributed by atoms with Crippen molar-refractivity contribution in [3.63, 3.8) is 0 Å². The van der Waals surface area contributed by atoms with Gasteiger partial charge in [-0.25, -0.2) is 0 Å². The molecule has 2 aliphatic rings. The minimum Gasteiger partial charge on any atom is -0.389 e. The van der Waals surface area contributed by atoms with E-state index < -0.39 is 6.10 Å². The van der Waals surface area contributed by atoms with Crippen LogP contribution in [0.1, 0.15) is 30.0 Å². The van der Waals surface area contributed by atoms with Crippen molar-refractivity contribution in [2.24, 2.45) is 0 Å². The first-order valence-electron chi connectivity index (χ1n) is 8.49. The van der Waals surface area contributed by atoms with Crippen molar-refractivity contribution in [3.05, 3.63) is 65.7 Å². The summed E-state index contributed by atoms with van der Waals surface area (Å²) in [5.74, 6) is 0. The first kappa shape index (κ1) is 14.7. The molecule has 2 unspecified atom stereocenters. The summed E-state index contributed by atoms with van der Waals surface area (Å²) in [5, 5.41) is 14.0. The lowest BCUT2D eigenvalue weighted by Crippen LogP contribution is -2.41. The van der Waals surface area contributed by atoms with Gasteiger partial charge < -0.3 is 15.3 Å². The van der Waals surface area contributed by atoms with Crippen molar-refractivity contribution in [1.82, 2.24) is 5.32 Å². The molecule has 120 valence electrons. The van der Waals surface area contributed by atoms with Gasteiger partial charge in [0.05, 0.1) is 12.1 Å². The number of para-hydroxylation sites is 1. The maximum atomic E-state index is 10.8. The molecule has 0 bridgehead atoms. The zero-order chi connectivity index (χ0) is 15.9. The van der Waals surface area contributed by atoms with E-state index in [1.54, 1.807) is 0 Å². The van der Waals surface area contributed by atoms with E-state index in [-0.39, 0.29) is 6.04 Å². The number of aliphatic hydroxyl groups is 1. The highest BCUT2D eigenvalue weighted by molar-refractivity contribution is 5.66. The standard InChI is InChI=1S/C20H24N2O/c1-21-13-18(23)19(15-7-3-2-4-8-15)22-14-20(11-12-20)16-9-5-6-10-17(16)22/h2-10,18-19,21,23H,11-14H2,1H3. The quantitative estimate of drug-likeness (QED) is 0.891. The Kier molecular flexibility index (Phi) is 3.63. The summed E-state index contributed by atoms with van der Waals surface area (Å²) >= 11 is 0. The molecule has 2 aromatic carbocycles. The van der Waals surface area contributed by atoms with Gasteiger partial charge in [-0.1, -0.05) is 48.5 Å². The molecule has 3 nitrogen and oxygen atoms in total. The lowest BCUT2D eigenvalue weighted by molar-refractivity contribution is 0.140. The summed E-state index contributed by atoms with van der Waals surface area (Å²) in [4.78, 5) is 2.43. The van der Waals surface area contributed by atoms with Gasteiger partial charge in [-0.3, -0.25) is 0 Å². The fourth-order valence-electron chi connectivity index (χ4n) is 4.08. The van der Waals surface area contributed by atoms with Gasteiger partial charge in [0.25, 0.3) is 0 Å². The van der Waals surface area contributed by atoms with Gasteiger partial charge in [-0.2, -0.15) is 0 Å². The number of fused-ring (bicyclic) bond motifs is 2. The summed E-state index contributed by atoms with van der Waals surface area (Å²) in [6, 6.07) is 19.1.